The molecule has 6 nitrogen and oxygen atoms in total. The first-order chi connectivity index (χ1) is 5.65. The van der Waals surface area contributed by atoms with Crippen molar-refractivity contribution in [1.29, 1.82) is 0 Å². The van der Waals surface area contributed by atoms with Gasteiger partial charge in [-0.2, -0.15) is 8.42 Å². The number of allylic oxidation sites excluding steroid dienone is 1. The number of carboxylic acid groups (broad SMARTS) is 1. The maximum Gasteiger partial charge on any atom is 1.00 e. The van der Waals surface area contributed by atoms with Crippen molar-refractivity contribution in [2.75, 3.05) is 0 Å². The summed E-state index contributed by atoms with van der Waals surface area (Å²) in [6.07, 6.45) is 1.94. The van der Waals surface area contributed by atoms with Gasteiger partial charge in [0.2, 0.25) is 0 Å². The molecule has 0 unspecified atom stereocenters. The largest absolute Gasteiger partial charge is 1.00 e. The minimum absolute atomic E-state index is 0. The minimum Gasteiger partial charge on any atom is -0.550 e. The molecule has 0 heterocycles. The number of carbonyl (C=O) groups is 1. The van der Waals surface area contributed by atoms with Gasteiger partial charge in [0.25, 0.3) is 0 Å². The Hall–Kier alpha value is 1.08. The molecule has 2 N–H and O–H groups in total. The Morgan fingerprint density at radius 3 is 1.64 bits per heavy atom. The number of carbonyl (C=O) groups excluding carboxylic acids is 1. The monoisotopic (exact) mass is 244 g/mol. The molecule has 0 amide bonds. The van der Waals surface area contributed by atoms with Crippen molar-refractivity contribution < 1.29 is 57.0 Å². The van der Waals surface area contributed by atoms with Gasteiger partial charge in [-0.3, -0.25) is 9.11 Å². The predicted molar refractivity (Wildman–Crippen MR) is 45.6 cm³/mol. The first-order valence-corrected chi connectivity index (χ1v) is 5.94. The molecule has 0 bridgehead atoms. The van der Waals surface area contributed by atoms with Crippen LogP contribution in [0.25, 0.3) is 0 Å². The maximum atomic E-state index is 8.89. The van der Waals surface area contributed by atoms with E-state index in [0.29, 0.717) is 0 Å². The zero-order valence-electron chi connectivity index (χ0n) is 8.43. The fourth-order valence-electron chi connectivity index (χ4n) is 0. The molecule has 0 aromatic heterocycles. The summed E-state index contributed by atoms with van der Waals surface area (Å²) in [5.41, 5.74) is 0. The first-order valence-electron chi connectivity index (χ1n) is 3.13. The third-order valence-electron chi connectivity index (χ3n) is 0.289. The second-order valence-electron chi connectivity index (χ2n) is 1.64. The summed E-state index contributed by atoms with van der Waals surface area (Å²) in [7, 11) is -4.67. The van der Waals surface area contributed by atoms with E-state index in [0.717, 1.165) is 6.92 Å². The molecule has 0 aliphatic rings. The molecule has 0 rings (SSSR count). The third kappa shape index (κ3) is 441. The van der Waals surface area contributed by atoms with Crippen LogP contribution in [0.4, 0.5) is 0 Å². The van der Waals surface area contributed by atoms with Crippen LogP contribution in [0.1, 0.15) is 6.92 Å². The van der Waals surface area contributed by atoms with E-state index in [-0.39, 0.29) is 29.6 Å². The second kappa shape index (κ2) is 16.5. The van der Waals surface area contributed by atoms with Crippen LogP contribution in [-0.2, 0) is 15.2 Å². The van der Waals surface area contributed by atoms with Crippen molar-refractivity contribution in [1.82, 2.24) is 0 Å². The number of hydrogen-bond acceptors (Lipinski definition) is 4. The van der Waals surface area contributed by atoms with E-state index in [4.69, 9.17) is 27.4 Å². The summed E-state index contributed by atoms with van der Waals surface area (Å²) >= 11 is 1.27. The standard InChI is InChI=1S/C3H5.C2H4O2.2Na.H2O4S/c1-3-2;1-2(3)4;;;1-5(2,3)4/h3H,1-2H2;1H3,(H,3,4);;;(H2,1,2,3,4)/q;;;+1;/p-1. The van der Waals surface area contributed by atoms with Gasteiger partial charge in [-0.05, 0) is 6.92 Å². The number of carboxylic acids is 1. The second-order valence-corrected chi connectivity index (χ2v) is 3.35. The first kappa shape index (κ1) is 24.4. The summed E-state index contributed by atoms with van der Waals surface area (Å²) in [6, 6.07) is 0. The van der Waals surface area contributed by atoms with Crippen molar-refractivity contribution in [2.45, 2.75) is 10.6 Å². The van der Waals surface area contributed by atoms with Crippen molar-refractivity contribution in [3.05, 3.63) is 12.7 Å². The van der Waals surface area contributed by atoms with E-state index < -0.39 is 16.4 Å². The molecule has 0 saturated carbocycles. The summed E-state index contributed by atoms with van der Waals surface area (Å²) in [4.78, 5) is 8.89. The van der Waals surface area contributed by atoms with Crippen LogP contribution < -0.4 is 34.7 Å². The molecule has 0 spiro atoms. The van der Waals surface area contributed by atoms with Crippen LogP contribution in [0.15, 0.2) is 12.7 Å². The average Bonchev–Trinajstić information content (AvgIpc) is 1.82. The number of hydrogen-bond donors (Lipinski definition) is 2. The fraction of sp³-hybridized carbons (Fsp3) is 0.400. The Labute approximate surface area is 123 Å². The Morgan fingerprint density at radius 2 is 1.64 bits per heavy atom. The Morgan fingerprint density at radius 1 is 1.57 bits per heavy atom. The zero-order valence-corrected chi connectivity index (χ0v) is 13.2. The molecule has 0 aliphatic carbocycles. The van der Waals surface area contributed by atoms with Gasteiger partial charge in [0, 0.05) is 5.97 Å². The normalized spacial score (nSPS) is 7.79. The third-order valence-corrected chi connectivity index (χ3v) is 0.866. The molecule has 0 radical (unpaired) electrons. The molecule has 0 fully saturated rings. The van der Waals surface area contributed by atoms with Crippen molar-refractivity contribution >= 4 is 44.3 Å². The quantitative estimate of drug-likeness (QED) is 0.275. The van der Waals surface area contributed by atoms with Crippen molar-refractivity contribution in [3.8, 4) is 0 Å². The van der Waals surface area contributed by atoms with E-state index >= 15 is 0 Å². The van der Waals surface area contributed by atoms with Gasteiger partial charge < -0.3 is 9.90 Å². The van der Waals surface area contributed by atoms with Gasteiger partial charge in [-0.1, -0.05) is 0 Å². The molecule has 0 aromatic rings. The van der Waals surface area contributed by atoms with Crippen molar-refractivity contribution in [2.24, 2.45) is 0 Å². The Balaban J connectivity index is -0.0000000522. The maximum absolute atomic E-state index is 8.89. The van der Waals surface area contributed by atoms with Crippen LogP contribution in [0, 0.1) is 0 Å². The summed E-state index contributed by atoms with van der Waals surface area (Å²) < 4.78 is 32.8. The van der Waals surface area contributed by atoms with Gasteiger partial charge in [0.05, 0.1) is 0 Å². The predicted octanol–water partition coefficient (Wildman–Crippen LogP) is -4.13. The molecule has 0 saturated heterocycles. The molecule has 0 atom stereocenters. The van der Waals surface area contributed by atoms with Gasteiger partial charge in [0.15, 0.2) is 0 Å². The van der Waals surface area contributed by atoms with E-state index in [1.165, 1.54) is 31.6 Å². The fourth-order valence-corrected chi connectivity index (χ4v) is 0. The van der Waals surface area contributed by atoms with Gasteiger partial charge in [0.1, 0.15) is 0 Å². The minimum atomic E-state index is -4.67. The molecule has 0 aromatic carbocycles. The Kier molecular flexibility index (Phi) is 28.7. The van der Waals surface area contributed by atoms with Crippen molar-refractivity contribution in [3.63, 3.8) is 0 Å². The zero-order chi connectivity index (χ0) is 11.5. The number of aliphatic carboxylic acids is 1. The molecular formula is C5H10Na2O6S. The topological polar surface area (TPSA) is 115 Å². The van der Waals surface area contributed by atoms with E-state index in [2.05, 4.69) is 6.58 Å². The molecule has 14 heavy (non-hydrogen) atoms. The molecule has 0 aliphatic heterocycles. The molecular weight excluding hydrogens is 234 g/mol. The van der Waals surface area contributed by atoms with E-state index in [1.807, 2.05) is 6.08 Å². The summed E-state index contributed by atoms with van der Waals surface area (Å²) in [5.74, 6) is -1.08. The van der Waals surface area contributed by atoms with E-state index in [9.17, 15) is 0 Å². The summed E-state index contributed by atoms with van der Waals surface area (Å²) in [6.45, 7) is 4.49. The summed E-state index contributed by atoms with van der Waals surface area (Å²) in [5, 5.41) is 8.89. The molecule has 74 valence electrons. The number of rotatable bonds is 1. The van der Waals surface area contributed by atoms with Crippen LogP contribution in [-0.4, -0.2) is 51.4 Å². The van der Waals surface area contributed by atoms with Gasteiger partial charge >= 0.3 is 84.2 Å². The average molecular weight is 244 g/mol. The van der Waals surface area contributed by atoms with Gasteiger partial charge in [-0.25, -0.2) is 0 Å². The molecule has 9 heteroatoms. The van der Waals surface area contributed by atoms with Crippen LogP contribution in [0.5, 0.6) is 0 Å². The van der Waals surface area contributed by atoms with Gasteiger partial charge in [-0.15, -0.1) is 0 Å². The van der Waals surface area contributed by atoms with Crippen LogP contribution in [0.2, 0.25) is 3.67 Å². The van der Waals surface area contributed by atoms with Crippen LogP contribution >= 0.6 is 0 Å². The SMILES string of the molecule is C=C[CH2][Na].CC(=O)[O-].O=S(=O)(O)O.[Na+]. The smallest absolute Gasteiger partial charge is 0.550 e. The van der Waals surface area contributed by atoms with E-state index in [1.54, 1.807) is 0 Å². The Bertz CT molecular complexity index is 212. The van der Waals surface area contributed by atoms with Crippen LogP contribution in [0.3, 0.4) is 0 Å².